The summed E-state index contributed by atoms with van der Waals surface area (Å²) in [7, 11) is 1.26. The van der Waals surface area contributed by atoms with Gasteiger partial charge in [0.25, 0.3) is 7.82 Å². The van der Waals surface area contributed by atoms with Crippen molar-refractivity contribution in [2.75, 3.05) is 40.9 Å². The average molecular weight is 1090 g/mol. The topological polar surface area (TPSA) is 108 Å². The van der Waals surface area contributed by atoms with Gasteiger partial charge >= 0.3 is 0 Å². The lowest BCUT2D eigenvalue weighted by molar-refractivity contribution is -0.870. The van der Waals surface area contributed by atoms with Crippen LogP contribution in [-0.2, 0) is 18.4 Å². The summed E-state index contributed by atoms with van der Waals surface area (Å²) < 4.78 is 23.4. The molecule has 0 saturated carbocycles. The van der Waals surface area contributed by atoms with Crippen LogP contribution in [0.4, 0.5) is 0 Å². The van der Waals surface area contributed by atoms with E-state index in [1.165, 1.54) is 276 Å². The standard InChI is InChI=1S/C67H131N2O6P/c1-6-8-10-12-14-16-18-20-22-24-26-28-30-31-32-33-34-35-36-37-39-40-42-44-46-48-50-52-54-56-58-60-66(70)65(64-75-76(72,73)74-63-62-69(3,4)5)68-67(71)61-59-57-55-53-51-49-47-45-43-41-38-29-27-25-23-21-19-17-15-13-11-9-7-2/h25,27,50,52,58,60,65-66,70H,6-24,26,28-49,51,53-57,59,61-64H2,1-5H3,(H-,68,71,72,73)/b27-25-,52-50+,60-58+. The van der Waals surface area contributed by atoms with Crippen LogP contribution < -0.4 is 10.2 Å². The second-order valence-corrected chi connectivity index (χ2v) is 25.6. The Morgan fingerprint density at radius 2 is 0.737 bits per heavy atom. The number of hydrogen-bond acceptors (Lipinski definition) is 6. The Hall–Kier alpha value is -1.28. The number of aliphatic hydroxyl groups is 1. The molecule has 9 heteroatoms. The lowest BCUT2D eigenvalue weighted by atomic mass is 10.0. The van der Waals surface area contributed by atoms with Crippen LogP contribution in [0.25, 0.3) is 0 Å². The predicted octanol–water partition coefficient (Wildman–Crippen LogP) is 20.3. The Kier molecular flexibility index (Phi) is 57.4. The summed E-state index contributed by atoms with van der Waals surface area (Å²) >= 11 is 0. The van der Waals surface area contributed by atoms with E-state index in [2.05, 4.69) is 43.5 Å². The van der Waals surface area contributed by atoms with Crippen LogP contribution in [-0.4, -0.2) is 68.5 Å². The number of amides is 1. The number of likely N-dealkylation sites (N-methyl/N-ethyl adjacent to an activating group) is 1. The molecule has 0 aromatic carbocycles. The number of phosphoric acid groups is 1. The van der Waals surface area contributed by atoms with Crippen LogP contribution in [0.1, 0.15) is 335 Å². The van der Waals surface area contributed by atoms with Crippen LogP contribution >= 0.6 is 7.82 Å². The molecule has 0 saturated heterocycles. The summed E-state index contributed by atoms with van der Waals surface area (Å²) in [6.07, 6.45) is 76.9. The molecule has 0 heterocycles. The number of aliphatic hydroxyl groups excluding tert-OH is 1. The molecule has 1 amide bonds. The third-order valence-corrected chi connectivity index (χ3v) is 16.3. The van der Waals surface area contributed by atoms with Gasteiger partial charge in [0.15, 0.2) is 0 Å². The highest BCUT2D eigenvalue weighted by Gasteiger charge is 2.23. The van der Waals surface area contributed by atoms with Crippen molar-refractivity contribution in [3.8, 4) is 0 Å². The second-order valence-electron chi connectivity index (χ2n) is 24.2. The molecule has 0 bridgehead atoms. The van der Waals surface area contributed by atoms with Gasteiger partial charge in [-0.1, -0.05) is 307 Å². The molecule has 0 aliphatic rings. The van der Waals surface area contributed by atoms with Crippen molar-refractivity contribution >= 4 is 13.7 Å². The zero-order valence-electron chi connectivity index (χ0n) is 51.5. The number of carbonyl (C=O) groups is 1. The first-order valence-electron chi connectivity index (χ1n) is 33.4. The maximum Gasteiger partial charge on any atom is 0.268 e. The lowest BCUT2D eigenvalue weighted by Crippen LogP contribution is -2.45. The third-order valence-electron chi connectivity index (χ3n) is 15.3. The van der Waals surface area contributed by atoms with Crippen molar-refractivity contribution in [3.05, 3.63) is 36.5 Å². The number of carbonyl (C=O) groups excluding carboxylic acids is 1. The van der Waals surface area contributed by atoms with Gasteiger partial charge in [0, 0.05) is 6.42 Å². The molecular formula is C67H131N2O6P. The Morgan fingerprint density at radius 3 is 1.07 bits per heavy atom. The van der Waals surface area contributed by atoms with Crippen molar-refractivity contribution in [2.45, 2.75) is 347 Å². The Bertz CT molecular complexity index is 1330. The highest BCUT2D eigenvalue weighted by Crippen LogP contribution is 2.38. The zero-order chi connectivity index (χ0) is 55.6. The molecule has 76 heavy (non-hydrogen) atoms. The number of unbranched alkanes of at least 4 members (excludes halogenated alkanes) is 45. The number of hydrogen-bond donors (Lipinski definition) is 2. The fourth-order valence-electron chi connectivity index (χ4n) is 10.1. The molecule has 0 aliphatic carbocycles. The first-order chi connectivity index (χ1) is 37.0. The monoisotopic (exact) mass is 1090 g/mol. The van der Waals surface area contributed by atoms with Crippen LogP contribution in [0.15, 0.2) is 36.5 Å². The van der Waals surface area contributed by atoms with E-state index < -0.39 is 26.6 Å². The molecule has 8 nitrogen and oxygen atoms in total. The molecule has 0 aromatic heterocycles. The molecule has 3 unspecified atom stereocenters. The van der Waals surface area contributed by atoms with E-state index in [1.54, 1.807) is 6.08 Å². The molecule has 0 aliphatic heterocycles. The van der Waals surface area contributed by atoms with Crippen molar-refractivity contribution in [3.63, 3.8) is 0 Å². The number of phosphoric ester groups is 1. The predicted molar refractivity (Wildman–Crippen MR) is 330 cm³/mol. The molecule has 450 valence electrons. The van der Waals surface area contributed by atoms with Gasteiger partial charge in [0.05, 0.1) is 39.9 Å². The third kappa shape index (κ3) is 60.4. The summed E-state index contributed by atoms with van der Waals surface area (Å²) in [6, 6.07) is -0.905. The summed E-state index contributed by atoms with van der Waals surface area (Å²) in [6.45, 7) is 4.68. The van der Waals surface area contributed by atoms with Crippen LogP contribution in [0.5, 0.6) is 0 Å². The number of allylic oxidation sites excluding steroid dienone is 5. The zero-order valence-corrected chi connectivity index (χ0v) is 52.4. The first-order valence-corrected chi connectivity index (χ1v) is 34.8. The van der Waals surface area contributed by atoms with Crippen molar-refractivity contribution in [2.24, 2.45) is 0 Å². The van der Waals surface area contributed by atoms with E-state index in [-0.39, 0.29) is 12.5 Å². The van der Waals surface area contributed by atoms with Crippen LogP contribution in [0.2, 0.25) is 0 Å². The van der Waals surface area contributed by atoms with Gasteiger partial charge < -0.3 is 28.8 Å². The van der Waals surface area contributed by atoms with Gasteiger partial charge in [-0.2, -0.15) is 0 Å². The highest BCUT2D eigenvalue weighted by atomic mass is 31.2. The van der Waals surface area contributed by atoms with Crippen molar-refractivity contribution in [1.29, 1.82) is 0 Å². The fraction of sp³-hybridized carbons (Fsp3) is 0.896. The maximum atomic E-state index is 13.0. The van der Waals surface area contributed by atoms with E-state index >= 15 is 0 Å². The van der Waals surface area contributed by atoms with Gasteiger partial charge in [-0.05, 0) is 57.8 Å². The molecule has 0 radical (unpaired) electrons. The Balaban J connectivity index is 4.12. The summed E-state index contributed by atoms with van der Waals surface area (Å²) in [5.74, 6) is -0.203. The van der Waals surface area contributed by atoms with Gasteiger partial charge in [0.2, 0.25) is 5.91 Å². The van der Waals surface area contributed by atoms with Gasteiger partial charge in [-0.3, -0.25) is 9.36 Å². The molecule has 0 spiro atoms. The quantitative estimate of drug-likeness (QED) is 0.0272. The summed E-state index contributed by atoms with van der Waals surface area (Å²) in [5.41, 5.74) is 0. The largest absolute Gasteiger partial charge is 0.756 e. The minimum atomic E-state index is -4.61. The van der Waals surface area contributed by atoms with Gasteiger partial charge in [0.1, 0.15) is 13.2 Å². The molecule has 2 N–H and O–H groups in total. The van der Waals surface area contributed by atoms with Crippen LogP contribution in [0, 0.1) is 0 Å². The lowest BCUT2D eigenvalue weighted by Gasteiger charge is -2.29. The van der Waals surface area contributed by atoms with E-state index in [4.69, 9.17) is 9.05 Å². The van der Waals surface area contributed by atoms with Crippen LogP contribution in [0.3, 0.4) is 0 Å². The Morgan fingerprint density at radius 1 is 0.447 bits per heavy atom. The molecule has 0 fully saturated rings. The second kappa shape index (κ2) is 58.4. The van der Waals surface area contributed by atoms with Crippen molar-refractivity contribution < 1.29 is 32.9 Å². The minimum absolute atomic E-state index is 0.00545. The number of rotatable bonds is 62. The average Bonchev–Trinajstić information content (AvgIpc) is 3.38. The Labute approximate surface area is 474 Å². The number of quaternary nitrogens is 1. The summed E-state index contributed by atoms with van der Waals surface area (Å²) in [4.78, 5) is 25.6. The molecule has 3 atom stereocenters. The first kappa shape index (κ1) is 74.7. The van der Waals surface area contributed by atoms with Gasteiger partial charge in [-0.15, -0.1) is 0 Å². The minimum Gasteiger partial charge on any atom is -0.756 e. The van der Waals surface area contributed by atoms with E-state index in [0.717, 1.165) is 38.5 Å². The SMILES string of the molecule is CCCCCCCCCC/C=C\CCCCCCCCCCCCCC(=O)NC(COP(=O)([O-])OCC[N+](C)(C)C)C(O)/C=C/CC/C=C/CCCCCCCCCCCCCCCCCCCCCCCCCCC. The number of nitrogens with one attached hydrogen (secondary N) is 1. The van der Waals surface area contributed by atoms with E-state index in [9.17, 15) is 19.4 Å². The number of nitrogens with zero attached hydrogens (tertiary/aromatic N) is 1. The molecule has 0 rings (SSSR count). The van der Waals surface area contributed by atoms with E-state index in [0.29, 0.717) is 17.4 Å². The van der Waals surface area contributed by atoms with E-state index in [1.807, 2.05) is 27.2 Å². The smallest absolute Gasteiger partial charge is 0.268 e. The molecular weight excluding hydrogens is 960 g/mol. The van der Waals surface area contributed by atoms with Gasteiger partial charge in [-0.25, -0.2) is 0 Å². The highest BCUT2D eigenvalue weighted by molar-refractivity contribution is 7.45. The summed E-state index contributed by atoms with van der Waals surface area (Å²) in [5, 5.41) is 13.9. The maximum absolute atomic E-state index is 13.0. The fourth-order valence-corrected chi connectivity index (χ4v) is 10.8. The molecule has 0 aromatic rings. The normalized spacial score (nSPS) is 13.9. The van der Waals surface area contributed by atoms with Crippen molar-refractivity contribution in [1.82, 2.24) is 5.32 Å².